The van der Waals surface area contributed by atoms with E-state index in [-0.39, 0.29) is 46.3 Å². The zero-order valence-corrected chi connectivity index (χ0v) is 36.9. The molecule has 0 bridgehead atoms. The summed E-state index contributed by atoms with van der Waals surface area (Å²) in [4.78, 5) is 21.3. The van der Waals surface area contributed by atoms with E-state index in [2.05, 4.69) is 102 Å². The van der Waals surface area contributed by atoms with Gasteiger partial charge in [0.05, 0.1) is 29.5 Å². The largest absolute Gasteiger partial charge is 2.00 e. The zero-order valence-electron chi connectivity index (χ0n) is 33.8. The van der Waals surface area contributed by atoms with Gasteiger partial charge >= 0.3 is 40.8 Å². The van der Waals surface area contributed by atoms with Gasteiger partial charge in [-0.15, -0.1) is 71.8 Å². The summed E-state index contributed by atoms with van der Waals surface area (Å²) in [7, 11) is 0. The topological polar surface area (TPSA) is 78.2 Å². The first-order valence-electron chi connectivity index (χ1n) is 20.0. The number of ether oxygens (including phenoxy) is 2. The summed E-state index contributed by atoms with van der Waals surface area (Å²) in [5.74, 6) is 2.53. The van der Waals surface area contributed by atoms with Gasteiger partial charge < -0.3 is 28.9 Å². The molecule has 0 radical (unpaired) electrons. The third-order valence-electron chi connectivity index (χ3n) is 11.1. The molecular formula is C53H34N6O2Pd2. The van der Waals surface area contributed by atoms with E-state index in [1.807, 2.05) is 114 Å². The van der Waals surface area contributed by atoms with Crippen LogP contribution in [0.3, 0.4) is 0 Å². The Kier molecular flexibility index (Phi) is 11.3. The molecule has 63 heavy (non-hydrogen) atoms. The minimum absolute atomic E-state index is 0. The van der Waals surface area contributed by atoms with Crippen LogP contribution >= 0.6 is 0 Å². The molecule has 0 spiro atoms. The van der Waals surface area contributed by atoms with Crippen molar-refractivity contribution < 1.29 is 50.3 Å². The smallest absolute Gasteiger partial charge is 0.503 e. The van der Waals surface area contributed by atoms with Crippen LogP contribution in [0.4, 0.5) is 17.1 Å². The molecule has 0 unspecified atom stereocenters. The Balaban J connectivity index is 0.00000252. The van der Waals surface area contributed by atoms with Gasteiger partial charge in [0.2, 0.25) is 5.95 Å². The van der Waals surface area contributed by atoms with E-state index in [0.29, 0.717) is 40.0 Å². The van der Waals surface area contributed by atoms with Crippen LogP contribution in [0.5, 0.6) is 23.0 Å². The molecule has 0 saturated heterocycles. The van der Waals surface area contributed by atoms with Crippen molar-refractivity contribution in [3.8, 4) is 51.5 Å². The molecule has 5 heterocycles. The summed E-state index contributed by atoms with van der Waals surface area (Å²) in [5.41, 5.74) is 10.0. The number of hydrogen-bond acceptors (Lipinski definition) is 7. The van der Waals surface area contributed by atoms with Crippen molar-refractivity contribution >= 4 is 38.9 Å². The molecule has 1 aliphatic rings. The standard InChI is InChI=1S/C53H34N6O2.2Pd/c1-53(2)44-17-3-5-21-48(44)58(49-22-6-4-18-45(49)53)37-33-56-52(57-34-37)59-50-31-40(60-38-15-11-13-35(29-38)46-19-7-9-27-54-46)23-25-42(50)43-26-24-41(32-51(43)59)61-39-16-12-14-36(30-39)47-20-8-10-28-55-47;;/h3-28,33-34H,1-2H3;;/q-4;2*+2. The summed E-state index contributed by atoms with van der Waals surface area (Å²) < 4.78 is 14.8. The molecule has 4 aromatic heterocycles. The molecular weight excluding hydrogens is 965 g/mol. The third-order valence-corrected chi connectivity index (χ3v) is 11.1. The maximum absolute atomic E-state index is 6.42. The first-order chi connectivity index (χ1) is 30.0. The Hall–Kier alpha value is -6.78. The van der Waals surface area contributed by atoms with Crippen molar-refractivity contribution in [2.75, 3.05) is 4.90 Å². The molecule has 0 fully saturated rings. The van der Waals surface area contributed by atoms with Gasteiger partial charge in [-0.3, -0.25) is 0 Å². The van der Waals surface area contributed by atoms with Crippen molar-refractivity contribution in [3.05, 3.63) is 206 Å². The monoisotopic (exact) mass is 998 g/mol. The van der Waals surface area contributed by atoms with Crippen LogP contribution in [-0.4, -0.2) is 24.5 Å². The second-order valence-corrected chi connectivity index (χ2v) is 15.2. The van der Waals surface area contributed by atoms with Gasteiger partial charge in [-0.25, -0.2) is 9.97 Å². The molecule has 8 nitrogen and oxygen atoms in total. The Labute approximate surface area is 392 Å². The van der Waals surface area contributed by atoms with E-state index in [1.165, 1.54) is 11.1 Å². The van der Waals surface area contributed by atoms with Crippen LogP contribution < -0.4 is 14.4 Å². The second-order valence-electron chi connectivity index (χ2n) is 15.2. The minimum atomic E-state index is -0.187. The molecule has 6 aromatic carbocycles. The number of benzene rings is 6. The van der Waals surface area contributed by atoms with Crippen LogP contribution in [0.2, 0.25) is 0 Å². The SMILES string of the molecule is CC1(C)c2ccccc2N(c2cnc(-n3c4[c-]c(Oc5[c-]c(-c6ccccn6)ccc5)ccc4c4ccc(Oc5[c-]c(-c6ccccn6)ccc5)[c-]c43)nc2)c2ccccc21.[Pd+2].[Pd+2]. The van der Waals surface area contributed by atoms with Crippen molar-refractivity contribution in [2.24, 2.45) is 0 Å². The second kappa shape index (κ2) is 17.2. The van der Waals surface area contributed by atoms with Crippen LogP contribution in [-0.2, 0) is 46.3 Å². The molecule has 0 saturated carbocycles. The normalized spacial score (nSPS) is 12.4. The van der Waals surface area contributed by atoms with Gasteiger partial charge in [-0.05, 0) is 46.8 Å². The zero-order chi connectivity index (χ0) is 40.9. The van der Waals surface area contributed by atoms with Gasteiger partial charge in [-0.2, -0.15) is 22.9 Å². The summed E-state index contributed by atoms with van der Waals surface area (Å²) in [5, 5.41) is 1.85. The van der Waals surface area contributed by atoms with Gasteiger partial charge in [0.15, 0.2) is 0 Å². The van der Waals surface area contributed by atoms with Gasteiger partial charge in [-0.1, -0.05) is 97.7 Å². The Morgan fingerprint density at radius 1 is 0.460 bits per heavy atom. The summed E-state index contributed by atoms with van der Waals surface area (Å²) in [6.07, 6.45) is 7.29. The summed E-state index contributed by atoms with van der Waals surface area (Å²) in [6.45, 7) is 4.55. The predicted molar refractivity (Wildman–Crippen MR) is 238 cm³/mol. The molecule has 10 aromatic rings. The van der Waals surface area contributed by atoms with Gasteiger partial charge in [0, 0.05) is 40.8 Å². The molecule has 0 atom stereocenters. The summed E-state index contributed by atoms with van der Waals surface area (Å²) in [6, 6.07) is 61.9. The number of aromatic nitrogens is 5. The van der Waals surface area contributed by atoms with Gasteiger partial charge in [0.25, 0.3) is 0 Å². The van der Waals surface area contributed by atoms with E-state index >= 15 is 0 Å². The van der Waals surface area contributed by atoms with Crippen LogP contribution in [0, 0.1) is 24.3 Å². The van der Waals surface area contributed by atoms with Crippen LogP contribution in [0.1, 0.15) is 25.0 Å². The molecule has 1 aliphatic heterocycles. The molecule has 10 heteroatoms. The number of para-hydroxylation sites is 2. The predicted octanol–water partition coefficient (Wildman–Crippen LogP) is 12.6. The first kappa shape index (κ1) is 41.6. The Morgan fingerprint density at radius 3 is 1.40 bits per heavy atom. The molecule has 0 aliphatic carbocycles. The Bertz CT molecular complexity index is 3060. The average Bonchev–Trinajstić information content (AvgIpc) is 3.63. The van der Waals surface area contributed by atoms with E-state index < -0.39 is 0 Å². The van der Waals surface area contributed by atoms with Crippen molar-refractivity contribution in [3.63, 3.8) is 0 Å². The van der Waals surface area contributed by atoms with Gasteiger partial charge in [0.1, 0.15) is 0 Å². The van der Waals surface area contributed by atoms with E-state index in [9.17, 15) is 0 Å². The number of pyridine rings is 2. The molecule has 0 N–H and O–H groups in total. The average molecular weight is 1000 g/mol. The first-order valence-corrected chi connectivity index (χ1v) is 20.0. The number of anilines is 3. The van der Waals surface area contributed by atoms with Crippen molar-refractivity contribution in [1.29, 1.82) is 0 Å². The van der Waals surface area contributed by atoms with Crippen molar-refractivity contribution in [1.82, 2.24) is 24.5 Å². The number of hydrogen-bond donors (Lipinski definition) is 0. The number of fused-ring (bicyclic) bond motifs is 5. The number of rotatable bonds is 8. The van der Waals surface area contributed by atoms with Crippen LogP contribution in [0.15, 0.2) is 170 Å². The minimum Gasteiger partial charge on any atom is -0.503 e. The quantitative estimate of drug-likeness (QED) is 0.111. The van der Waals surface area contributed by atoms with E-state index in [0.717, 1.165) is 50.3 Å². The van der Waals surface area contributed by atoms with E-state index in [1.54, 1.807) is 12.4 Å². The van der Waals surface area contributed by atoms with E-state index in [4.69, 9.17) is 19.4 Å². The summed E-state index contributed by atoms with van der Waals surface area (Å²) >= 11 is 0. The fraction of sp³-hybridized carbons (Fsp3) is 0.0566. The maximum atomic E-state index is 6.42. The number of nitrogens with zero attached hydrogens (tertiary/aromatic N) is 6. The fourth-order valence-electron chi connectivity index (χ4n) is 8.23. The molecule has 308 valence electrons. The Morgan fingerprint density at radius 2 is 0.921 bits per heavy atom. The molecule has 11 rings (SSSR count). The third kappa shape index (κ3) is 7.63. The van der Waals surface area contributed by atoms with Crippen molar-refractivity contribution in [2.45, 2.75) is 19.3 Å². The molecule has 0 amide bonds. The maximum Gasteiger partial charge on any atom is 2.00 e. The fourth-order valence-corrected chi connectivity index (χ4v) is 8.23. The van der Waals surface area contributed by atoms with Crippen LogP contribution in [0.25, 0.3) is 50.3 Å².